The van der Waals surface area contributed by atoms with Gasteiger partial charge in [-0.25, -0.2) is 0 Å². The van der Waals surface area contributed by atoms with E-state index in [-0.39, 0.29) is 16.7 Å². The van der Waals surface area contributed by atoms with Crippen molar-refractivity contribution in [3.8, 4) is 0 Å². The minimum Gasteiger partial charge on any atom is -0.379 e. The van der Waals surface area contributed by atoms with Crippen LogP contribution in [0.2, 0.25) is 0 Å². The van der Waals surface area contributed by atoms with Gasteiger partial charge in [-0.2, -0.15) is 0 Å². The molecule has 1 atom stereocenters. The number of nitrogens with one attached hydrogen (secondary N) is 1. The molecule has 1 aliphatic heterocycles. The molecular weight excluding hydrogens is 356 g/mol. The summed E-state index contributed by atoms with van der Waals surface area (Å²) >= 11 is 0. The van der Waals surface area contributed by atoms with Crippen LogP contribution in [-0.4, -0.2) is 47.7 Å². The number of nitrogens with zero attached hydrogens (tertiary/aromatic N) is 3. The molecule has 2 heterocycles. The van der Waals surface area contributed by atoms with Crippen LogP contribution < -0.4 is 5.32 Å². The van der Waals surface area contributed by atoms with Crippen LogP contribution in [0.4, 0.5) is 11.4 Å². The molecule has 0 amide bonds. The number of anilines is 1. The number of fused-ring (bicyclic) bond motifs is 1. The quantitative estimate of drug-likeness (QED) is 0.521. The fourth-order valence-electron chi connectivity index (χ4n) is 3.61. The Labute approximate surface area is 163 Å². The second-order valence-corrected chi connectivity index (χ2v) is 6.83. The zero-order chi connectivity index (χ0) is 19.3. The van der Waals surface area contributed by atoms with Crippen molar-refractivity contribution in [3.63, 3.8) is 0 Å². The summed E-state index contributed by atoms with van der Waals surface area (Å²) in [5.41, 5.74) is 2.11. The number of rotatable bonds is 6. The summed E-state index contributed by atoms with van der Waals surface area (Å²) in [6.07, 6.45) is 3.22. The van der Waals surface area contributed by atoms with Gasteiger partial charge in [0.2, 0.25) is 0 Å². The van der Waals surface area contributed by atoms with Gasteiger partial charge in [-0.1, -0.05) is 30.3 Å². The van der Waals surface area contributed by atoms with E-state index in [1.54, 1.807) is 24.5 Å². The molecular formula is C21H22N4O3. The molecule has 0 bridgehead atoms. The monoisotopic (exact) mass is 378 g/mol. The summed E-state index contributed by atoms with van der Waals surface area (Å²) in [6.45, 7) is 4.12. The van der Waals surface area contributed by atoms with Crippen LogP contribution in [0.15, 0.2) is 60.9 Å². The van der Waals surface area contributed by atoms with Crippen molar-refractivity contribution in [2.45, 2.75) is 6.04 Å². The molecule has 7 heteroatoms. The average Bonchev–Trinajstić information content (AvgIpc) is 2.74. The standard InChI is InChI=1S/C21H22N4O3/c26-25(27)21-7-6-19(17-8-9-22-14-18(17)21)23-20(16-4-2-1-3-5-16)15-24-10-12-28-13-11-24/h1-9,14,20,23H,10-13,15H2. The highest BCUT2D eigenvalue weighted by molar-refractivity contribution is 5.99. The van der Waals surface area contributed by atoms with E-state index in [0.717, 1.165) is 43.9 Å². The molecule has 1 aliphatic rings. The largest absolute Gasteiger partial charge is 0.379 e. The number of benzene rings is 2. The van der Waals surface area contributed by atoms with Crippen molar-refractivity contribution in [3.05, 3.63) is 76.6 Å². The highest BCUT2D eigenvalue weighted by Crippen LogP contribution is 2.33. The minimum absolute atomic E-state index is 0.0529. The molecule has 144 valence electrons. The number of non-ortho nitro benzene ring substituents is 1. The third kappa shape index (κ3) is 3.95. The van der Waals surface area contributed by atoms with Gasteiger partial charge < -0.3 is 10.1 Å². The Morgan fingerprint density at radius 1 is 1.11 bits per heavy atom. The van der Waals surface area contributed by atoms with Gasteiger partial charge in [0.1, 0.15) is 0 Å². The highest BCUT2D eigenvalue weighted by Gasteiger charge is 2.20. The predicted octanol–water partition coefficient (Wildman–Crippen LogP) is 3.63. The van der Waals surface area contributed by atoms with Gasteiger partial charge in [-0.05, 0) is 17.7 Å². The number of ether oxygens (including phenoxy) is 1. The Morgan fingerprint density at radius 3 is 2.64 bits per heavy atom. The van der Waals surface area contributed by atoms with Crippen LogP contribution >= 0.6 is 0 Å². The van der Waals surface area contributed by atoms with Gasteiger partial charge in [0.25, 0.3) is 5.69 Å². The van der Waals surface area contributed by atoms with Crippen LogP contribution in [0.1, 0.15) is 11.6 Å². The van der Waals surface area contributed by atoms with Gasteiger partial charge in [-0.15, -0.1) is 0 Å². The Bertz CT molecular complexity index is 958. The van der Waals surface area contributed by atoms with Gasteiger partial charge in [0.15, 0.2) is 0 Å². The Morgan fingerprint density at radius 2 is 1.89 bits per heavy atom. The van der Waals surface area contributed by atoms with E-state index >= 15 is 0 Å². The summed E-state index contributed by atoms with van der Waals surface area (Å²) in [6, 6.07) is 15.5. The molecule has 0 aliphatic carbocycles. The number of hydrogen-bond acceptors (Lipinski definition) is 6. The topological polar surface area (TPSA) is 80.5 Å². The lowest BCUT2D eigenvalue weighted by Crippen LogP contribution is -2.40. The smallest absolute Gasteiger partial charge is 0.278 e. The summed E-state index contributed by atoms with van der Waals surface area (Å²) in [5.74, 6) is 0. The van der Waals surface area contributed by atoms with E-state index in [9.17, 15) is 10.1 Å². The molecule has 1 aromatic heterocycles. The fourth-order valence-corrected chi connectivity index (χ4v) is 3.61. The zero-order valence-electron chi connectivity index (χ0n) is 15.5. The maximum Gasteiger partial charge on any atom is 0.278 e. The van der Waals surface area contributed by atoms with Crippen molar-refractivity contribution in [2.75, 3.05) is 38.2 Å². The third-order valence-corrected chi connectivity index (χ3v) is 5.07. The van der Waals surface area contributed by atoms with Crippen LogP contribution in [-0.2, 0) is 4.74 Å². The first kappa shape index (κ1) is 18.3. The molecule has 0 saturated carbocycles. The van der Waals surface area contributed by atoms with Crippen LogP contribution in [0.3, 0.4) is 0 Å². The molecule has 2 aromatic carbocycles. The van der Waals surface area contributed by atoms with Gasteiger partial charge in [0.05, 0.1) is 29.6 Å². The zero-order valence-corrected chi connectivity index (χ0v) is 15.5. The Kier molecular flexibility index (Phi) is 5.45. The predicted molar refractivity (Wildman–Crippen MR) is 108 cm³/mol. The first-order chi connectivity index (χ1) is 13.7. The van der Waals surface area contributed by atoms with E-state index in [4.69, 9.17) is 4.74 Å². The number of nitro groups is 1. The van der Waals surface area contributed by atoms with Crippen molar-refractivity contribution in [2.24, 2.45) is 0 Å². The van der Waals surface area contributed by atoms with Crippen LogP contribution in [0, 0.1) is 10.1 Å². The van der Waals surface area contributed by atoms with E-state index in [2.05, 4.69) is 27.3 Å². The Balaban J connectivity index is 1.68. The Hall–Kier alpha value is -3.03. The molecule has 28 heavy (non-hydrogen) atoms. The highest BCUT2D eigenvalue weighted by atomic mass is 16.6. The molecule has 4 rings (SSSR count). The number of morpholine rings is 1. The van der Waals surface area contributed by atoms with Crippen LogP contribution in [0.25, 0.3) is 10.8 Å². The van der Waals surface area contributed by atoms with E-state index in [1.165, 1.54) is 5.56 Å². The maximum absolute atomic E-state index is 11.4. The first-order valence-corrected chi connectivity index (χ1v) is 9.35. The molecule has 0 spiro atoms. The normalized spacial score (nSPS) is 16.0. The lowest BCUT2D eigenvalue weighted by Gasteiger charge is -2.31. The summed E-state index contributed by atoms with van der Waals surface area (Å²) in [4.78, 5) is 17.5. The SMILES string of the molecule is O=[N+]([O-])c1ccc(NC(CN2CCOCC2)c2ccccc2)c2ccncc12. The van der Waals surface area contributed by atoms with E-state index < -0.39 is 0 Å². The van der Waals surface area contributed by atoms with Gasteiger partial charge in [0, 0.05) is 49.2 Å². The van der Waals surface area contributed by atoms with Crippen molar-refractivity contribution < 1.29 is 9.66 Å². The van der Waals surface area contributed by atoms with E-state index in [0.29, 0.717) is 5.39 Å². The van der Waals surface area contributed by atoms with E-state index in [1.807, 2.05) is 24.3 Å². The third-order valence-electron chi connectivity index (χ3n) is 5.07. The molecule has 1 fully saturated rings. The number of nitro benzene ring substituents is 1. The molecule has 7 nitrogen and oxygen atoms in total. The van der Waals surface area contributed by atoms with Crippen LogP contribution in [0.5, 0.6) is 0 Å². The number of pyridine rings is 1. The minimum atomic E-state index is -0.365. The van der Waals surface area contributed by atoms with Gasteiger partial charge in [-0.3, -0.25) is 20.0 Å². The summed E-state index contributed by atoms with van der Waals surface area (Å²) < 4.78 is 5.47. The molecule has 1 unspecified atom stereocenters. The molecule has 0 radical (unpaired) electrons. The van der Waals surface area contributed by atoms with Crippen molar-refractivity contribution in [1.82, 2.24) is 9.88 Å². The lowest BCUT2D eigenvalue weighted by atomic mass is 10.0. The van der Waals surface area contributed by atoms with Crippen molar-refractivity contribution in [1.29, 1.82) is 0 Å². The first-order valence-electron chi connectivity index (χ1n) is 9.35. The maximum atomic E-state index is 11.4. The lowest BCUT2D eigenvalue weighted by molar-refractivity contribution is -0.383. The number of aromatic nitrogens is 1. The fraction of sp³-hybridized carbons (Fsp3) is 0.286. The average molecular weight is 378 g/mol. The van der Waals surface area contributed by atoms with Gasteiger partial charge >= 0.3 is 0 Å². The molecule has 3 aromatic rings. The van der Waals surface area contributed by atoms with Crippen molar-refractivity contribution >= 4 is 22.1 Å². The second-order valence-electron chi connectivity index (χ2n) is 6.83. The number of hydrogen-bond donors (Lipinski definition) is 1. The summed E-state index contributed by atoms with van der Waals surface area (Å²) in [7, 11) is 0. The molecule has 1 saturated heterocycles. The summed E-state index contributed by atoms with van der Waals surface area (Å²) in [5, 5.41) is 16.3. The molecule has 1 N–H and O–H groups in total. The second kappa shape index (κ2) is 8.33.